The maximum atomic E-state index is 12.5. The van der Waals surface area contributed by atoms with Crippen molar-refractivity contribution < 1.29 is 14.4 Å². The second-order valence-corrected chi connectivity index (χ2v) is 7.62. The van der Waals surface area contributed by atoms with Crippen LogP contribution in [0.15, 0.2) is 29.4 Å². The second-order valence-electron chi connectivity index (χ2n) is 7.62. The number of hydrogen-bond donors (Lipinski definition) is 0. The Hall–Kier alpha value is -2.35. The van der Waals surface area contributed by atoms with Crippen molar-refractivity contribution in [2.75, 3.05) is 0 Å². The summed E-state index contributed by atoms with van der Waals surface area (Å²) < 4.78 is 5.59. The number of benzene rings is 1. The summed E-state index contributed by atoms with van der Waals surface area (Å²) in [7, 11) is 0. The first-order chi connectivity index (χ1) is 13.2. The van der Waals surface area contributed by atoms with Crippen molar-refractivity contribution >= 4 is 11.7 Å². The summed E-state index contributed by atoms with van der Waals surface area (Å²) in [6, 6.07) is 9.33. The van der Waals surface area contributed by atoms with Crippen LogP contribution >= 0.6 is 0 Å². The highest BCUT2D eigenvalue weighted by atomic mass is 16.6. The van der Waals surface area contributed by atoms with E-state index in [0.29, 0.717) is 12.2 Å². The van der Waals surface area contributed by atoms with Gasteiger partial charge in [0.2, 0.25) is 6.10 Å². The van der Waals surface area contributed by atoms with Crippen LogP contribution in [0.25, 0.3) is 0 Å². The van der Waals surface area contributed by atoms with Gasteiger partial charge in [0.25, 0.3) is 0 Å². The largest absolute Gasteiger partial charge is 0.426 e. The predicted octanol–water partition coefficient (Wildman–Crippen LogP) is 5.00. The first-order valence-corrected chi connectivity index (χ1v) is 10.1. The fourth-order valence-corrected chi connectivity index (χ4v) is 3.90. The second kappa shape index (κ2) is 9.55. The van der Waals surface area contributed by atoms with Crippen LogP contribution in [0.1, 0.15) is 70.3 Å². The molecule has 1 heterocycles. The molecule has 0 N–H and O–H groups in total. The Morgan fingerprint density at radius 1 is 1.22 bits per heavy atom. The number of nitrogens with zero attached hydrogens (tertiary/aromatic N) is 2. The molecule has 0 radical (unpaired) electrons. The molecule has 2 aliphatic rings. The van der Waals surface area contributed by atoms with Crippen LogP contribution in [0.3, 0.4) is 0 Å². The number of carbonyl (C=O) groups excluding carboxylic acids is 1. The number of rotatable bonds is 7. The van der Waals surface area contributed by atoms with Crippen LogP contribution < -0.4 is 4.74 Å². The smallest absolute Gasteiger partial charge is 0.314 e. The zero-order valence-electron chi connectivity index (χ0n) is 16.0. The number of ether oxygens (including phenoxy) is 1. The molecule has 0 amide bonds. The SMILES string of the molecule is CCCCCC1CCC(C(=O)Oc2ccc(C3=NOC(C#N)C3)cc2)CC1. The normalized spacial score (nSPS) is 24.6. The van der Waals surface area contributed by atoms with E-state index in [4.69, 9.17) is 14.8 Å². The van der Waals surface area contributed by atoms with E-state index in [9.17, 15) is 4.79 Å². The monoisotopic (exact) mass is 368 g/mol. The van der Waals surface area contributed by atoms with Gasteiger partial charge in [-0.3, -0.25) is 4.79 Å². The Kier molecular flexibility index (Phi) is 6.86. The van der Waals surface area contributed by atoms with E-state index in [1.807, 2.05) is 18.2 Å². The van der Waals surface area contributed by atoms with Gasteiger partial charge in [0.15, 0.2) is 0 Å². The van der Waals surface area contributed by atoms with Crippen molar-refractivity contribution in [2.24, 2.45) is 17.0 Å². The summed E-state index contributed by atoms with van der Waals surface area (Å²) in [6.07, 6.45) is 9.34. The molecule has 1 aromatic carbocycles. The number of unbranched alkanes of at least 4 members (excludes halogenated alkanes) is 2. The van der Waals surface area contributed by atoms with Crippen LogP contribution in [0, 0.1) is 23.2 Å². The maximum absolute atomic E-state index is 12.5. The number of carbonyl (C=O) groups is 1. The number of esters is 1. The molecule has 1 atom stereocenters. The van der Waals surface area contributed by atoms with E-state index in [-0.39, 0.29) is 11.9 Å². The summed E-state index contributed by atoms with van der Waals surface area (Å²) in [5.41, 5.74) is 1.64. The number of nitriles is 1. The van der Waals surface area contributed by atoms with E-state index in [1.54, 1.807) is 12.1 Å². The van der Waals surface area contributed by atoms with Crippen LogP contribution in [-0.2, 0) is 9.63 Å². The lowest BCUT2D eigenvalue weighted by atomic mass is 9.80. The van der Waals surface area contributed by atoms with Crippen molar-refractivity contribution in [1.29, 1.82) is 5.26 Å². The summed E-state index contributed by atoms with van der Waals surface area (Å²) >= 11 is 0. The van der Waals surface area contributed by atoms with Gasteiger partial charge < -0.3 is 9.57 Å². The third-order valence-electron chi connectivity index (χ3n) is 5.61. The fraction of sp³-hybridized carbons (Fsp3) is 0.591. The summed E-state index contributed by atoms with van der Waals surface area (Å²) in [6.45, 7) is 2.23. The molecule has 5 heteroatoms. The van der Waals surface area contributed by atoms with Crippen LogP contribution in [0.5, 0.6) is 5.75 Å². The average molecular weight is 368 g/mol. The van der Waals surface area contributed by atoms with Gasteiger partial charge in [-0.2, -0.15) is 5.26 Å². The predicted molar refractivity (Wildman–Crippen MR) is 103 cm³/mol. The lowest BCUT2D eigenvalue weighted by molar-refractivity contribution is -0.140. The van der Waals surface area contributed by atoms with Crippen molar-refractivity contribution in [3.05, 3.63) is 29.8 Å². The van der Waals surface area contributed by atoms with Crippen LogP contribution in [0.4, 0.5) is 0 Å². The standard InChI is InChI=1S/C22H28N2O3/c1-2-3-4-5-16-6-8-18(9-7-16)22(25)26-19-12-10-17(11-13-19)21-14-20(15-23)27-24-21/h10-13,16,18,20H,2-9,14H2,1H3. The van der Waals surface area contributed by atoms with Crippen molar-refractivity contribution in [2.45, 2.75) is 70.8 Å². The van der Waals surface area contributed by atoms with Gasteiger partial charge in [0.05, 0.1) is 11.6 Å². The summed E-state index contributed by atoms with van der Waals surface area (Å²) in [4.78, 5) is 17.5. The number of oxime groups is 1. The minimum absolute atomic E-state index is 0.0242. The Morgan fingerprint density at radius 3 is 2.59 bits per heavy atom. The molecule has 0 aromatic heterocycles. The number of hydrogen-bond acceptors (Lipinski definition) is 5. The van der Waals surface area contributed by atoms with Gasteiger partial charge in [-0.15, -0.1) is 0 Å². The molecule has 3 rings (SSSR count). The van der Waals surface area contributed by atoms with Crippen molar-refractivity contribution in [3.8, 4) is 11.8 Å². The minimum Gasteiger partial charge on any atom is -0.426 e. The van der Waals surface area contributed by atoms with E-state index in [0.717, 1.165) is 42.9 Å². The molecular formula is C22H28N2O3. The van der Waals surface area contributed by atoms with E-state index in [1.165, 1.54) is 25.7 Å². The summed E-state index contributed by atoms with van der Waals surface area (Å²) in [5, 5.41) is 12.8. The Labute approximate surface area is 161 Å². The van der Waals surface area contributed by atoms with E-state index >= 15 is 0 Å². The molecule has 1 saturated carbocycles. The van der Waals surface area contributed by atoms with E-state index in [2.05, 4.69) is 12.1 Å². The molecule has 1 aliphatic carbocycles. The fourth-order valence-electron chi connectivity index (χ4n) is 3.90. The minimum atomic E-state index is -0.505. The Bertz CT molecular complexity index is 697. The highest BCUT2D eigenvalue weighted by Gasteiger charge is 2.27. The molecule has 1 fully saturated rings. The third kappa shape index (κ3) is 5.32. The first-order valence-electron chi connectivity index (χ1n) is 10.1. The highest BCUT2D eigenvalue weighted by Crippen LogP contribution is 2.33. The Morgan fingerprint density at radius 2 is 1.96 bits per heavy atom. The highest BCUT2D eigenvalue weighted by molar-refractivity contribution is 6.01. The zero-order valence-corrected chi connectivity index (χ0v) is 16.0. The molecule has 1 aromatic rings. The lowest BCUT2D eigenvalue weighted by Gasteiger charge is -2.27. The molecule has 0 spiro atoms. The van der Waals surface area contributed by atoms with Gasteiger partial charge in [-0.1, -0.05) is 37.8 Å². The summed E-state index contributed by atoms with van der Waals surface area (Å²) in [5.74, 6) is 1.26. The van der Waals surface area contributed by atoms with Crippen LogP contribution in [0.2, 0.25) is 0 Å². The van der Waals surface area contributed by atoms with Crippen LogP contribution in [-0.4, -0.2) is 17.8 Å². The topological polar surface area (TPSA) is 71.7 Å². The van der Waals surface area contributed by atoms with Gasteiger partial charge in [-0.25, -0.2) is 0 Å². The molecule has 0 saturated heterocycles. The molecular weight excluding hydrogens is 340 g/mol. The van der Waals surface area contributed by atoms with Gasteiger partial charge in [-0.05, 0) is 61.4 Å². The van der Waals surface area contributed by atoms with Gasteiger partial charge in [0.1, 0.15) is 11.8 Å². The molecule has 1 unspecified atom stereocenters. The molecule has 1 aliphatic heterocycles. The quantitative estimate of drug-likeness (QED) is 0.386. The molecule has 144 valence electrons. The van der Waals surface area contributed by atoms with Crippen molar-refractivity contribution in [3.63, 3.8) is 0 Å². The lowest BCUT2D eigenvalue weighted by Crippen LogP contribution is -2.25. The zero-order chi connectivity index (χ0) is 19.1. The van der Waals surface area contributed by atoms with Crippen molar-refractivity contribution in [1.82, 2.24) is 0 Å². The first kappa shape index (κ1) is 19.4. The molecule has 27 heavy (non-hydrogen) atoms. The Balaban J connectivity index is 1.45. The maximum Gasteiger partial charge on any atom is 0.314 e. The third-order valence-corrected chi connectivity index (χ3v) is 5.61. The molecule has 5 nitrogen and oxygen atoms in total. The van der Waals surface area contributed by atoms with E-state index < -0.39 is 6.10 Å². The van der Waals surface area contributed by atoms with Gasteiger partial charge in [0, 0.05) is 6.42 Å². The average Bonchev–Trinajstić information content (AvgIpc) is 3.18. The molecule has 0 bridgehead atoms. The van der Waals surface area contributed by atoms with Gasteiger partial charge >= 0.3 is 5.97 Å².